The summed E-state index contributed by atoms with van der Waals surface area (Å²) < 4.78 is 5.08. The third kappa shape index (κ3) is 4.39. The summed E-state index contributed by atoms with van der Waals surface area (Å²) in [4.78, 5) is 4.06. The fraction of sp³-hybridized carbons (Fsp3) is 0.214. The SMILES string of the molecule is COc1cc(CNCc2cc(Cl)cc(Cl)c2)ccn1. The van der Waals surface area contributed by atoms with Gasteiger partial charge in [-0.2, -0.15) is 0 Å². The predicted molar refractivity (Wildman–Crippen MR) is 77.8 cm³/mol. The number of methoxy groups -OCH3 is 1. The zero-order valence-electron chi connectivity index (χ0n) is 10.5. The van der Waals surface area contributed by atoms with Crippen LogP contribution in [0.4, 0.5) is 0 Å². The van der Waals surface area contributed by atoms with Crippen molar-refractivity contribution >= 4 is 23.2 Å². The van der Waals surface area contributed by atoms with Crippen molar-refractivity contribution in [1.82, 2.24) is 10.3 Å². The van der Waals surface area contributed by atoms with E-state index < -0.39 is 0 Å². The second kappa shape index (κ2) is 6.75. The summed E-state index contributed by atoms with van der Waals surface area (Å²) in [6.07, 6.45) is 1.73. The van der Waals surface area contributed by atoms with Crippen molar-refractivity contribution in [1.29, 1.82) is 0 Å². The van der Waals surface area contributed by atoms with Gasteiger partial charge in [0.25, 0.3) is 0 Å². The Labute approximate surface area is 122 Å². The van der Waals surface area contributed by atoms with Crippen molar-refractivity contribution < 1.29 is 4.74 Å². The van der Waals surface area contributed by atoms with Crippen molar-refractivity contribution in [2.45, 2.75) is 13.1 Å². The Balaban J connectivity index is 1.92. The molecule has 1 heterocycles. The first kappa shape index (κ1) is 14.1. The molecule has 5 heteroatoms. The third-order valence-corrected chi connectivity index (χ3v) is 3.03. The van der Waals surface area contributed by atoms with Gasteiger partial charge in [0.05, 0.1) is 7.11 Å². The Morgan fingerprint density at radius 3 is 2.42 bits per heavy atom. The molecule has 0 unspecified atom stereocenters. The highest BCUT2D eigenvalue weighted by molar-refractivity contribution is 6.34. The highest BCUT2D eigenvalue weighted by Gasteiger charge is 2.00. The zero-order chi connectivity index (χ0) is 13.7. The maximum atomic E-state index is 5.95. The lowest BCUT2D eigenvalue weighted by molar-refractivity contribution is 0.397. The van der Waals surface area contributed by atoms with Crippen LogP contribution in [0.5, 0.6) is 5.88 Å². The van der Waals surface area contributed by atoms with E-state index in [0.717, 1.165) is 17.7 Å². The number of nitrogens with one attached hydrogen (secondary N) is 1. The highest BCUT2D eigenvalue weighted by atomic mass is 35.5. The van der Waals surface area contributed by atoms with Crippen molar-refractivity contribution in [3.05, 3.63) is 57.7 Å². The maximum Gasteiger partial charge on any atom is 0.213 e. The molecule has 100 valence electrons. The summed E-state index contributed by atoms with van der Waals surface area (Å²) in [6.45, 7) is 1.42. The molecule has 0 amide bonds. The maximum absolute atomic E-state index is 5.95. The van der Waals surface area contributed by atoms with Gasteiger partial charge in [-0.1, -0.05) is 23.2 Å². The Bertz CT molecular complexity index is 541. The number of pyridine rings is 1. The second-order valence-electron chi connectivity index (χ2n) is 4.09. The molecular weight excluding hydrogens is 283 g/mol. The van der Waals surface area contributed by atoms with E-state index in [1.165, 1.54) is 0 Å². The average Bonchev–Trinajstić information content (AvgIpc) is 2.38. The number of halogens is 2. The number of hydrogen-bond donors (Lipinski definition) is 1. The summed E-state index contributed by atoms with van der Waals surface area (Å²) in [5, 5.41) is 4.62. The van der Waals surface area contributed by atoms with Crippen LogP contribution in [0.3, 0.4) is 0 Å². The topological polar surface area (TPSA) is 34.1 Å². The number of benzene rings is 1. The molecule has 2 rings (SSSR count). The Morgan fingerprint density at radius 1 is 1.05 bits per heavy atom. The van der Waals surface area contributed by atoms with E-state index in [-0.39, 0.29) is 0 Å². The van der Waals surface area contributed by atoms with Crippen LogP contribution in [0.15, 0.2) is 36.5 Å². The number of ether oxygens (including phenoxy) is 1. The molecule has 1 aromatic heterocycles. The fourth-order valence-corrected chi connectivity index (χ4v) is 2.31. The Hall–Kier alpha value is -1.29. The van der Waals surface area contributed by atoms with Crippen LogP contribution < -0.4 is 10.1 Å². The lowest BCUT2D eigenvalue weighted by Crippen LogP contribution is -2.12. The molecule has 0 aliphatic heterocycles. The zero-order valence-corrected chi connectivity index (χ0v) is 12.0. The van der Waals surface area contributed by atoms with E-state index in [9.17, 15) is 0 Å². The molecule has 0 fully saturated rings. The van der Waals surface area contributed by atoms with Gasteiger partial charge in [-0.05, 0) is 35.4 Å². The highest BCUT2D eigenvalue weighted by Crippen LogP contribution is 2.19. The number of hydrogen-bond acceptors (Lipinski definition) is 3. The Kier molecular flexibility index (Phi) is 5.02. The van der Waals surface area contributed by atoms with E-state index in [4.69, 9.17) is 27.9 Å². The van der Waals surface area contributed by atoms with Crippen LogP contribution in [0, 0.1) is 0 Å². The first-order chi connectivity index (χ1) is 9.17. The smallest absolute Gasteiger partial charge is 0.213 e. The summed E-state index contributed by atoms with van der Waals surface area (Å²) >= 11 is 11.9. The molecule has 19 heavy (non-hydrogen) atoms. The molecular formula is C14H14Cl2N2O. The van der Waals surface area contributed by atoms with E-state index in [2.05, 4.69) is 10.3 Å². The standard InChI is InChI=1S/C14H14Cl2N2O/c1-19-14-6-10(2-3-18-14)8-17-9-11-4-12(15)7-13(16)5-11/h2-7,17H,8-9H2,1H3. The summed E-state index contributed by atoms with van der Waals surface area (Å²) in [7, 11) is 1.60. The molecule has 0 bridgehead atoms. The molecule has 1 aromatic carbocycles. The molecule has 0 radical (unpaired) electrons. The largest absolute Gasteiger partial charge is 0.481 e. The van der Waals surface area contributed by atoms with Crippen LogP contribution in [0.25, 0.3) is 0 Å². The molecule has 3 nitrogen and oxygen atoms in total. The van der Waals surface area contributed by atoms with Gasteiger partial charge in [0, 0.05) is 35.4 Å². The van der Waals surface area contributed by atoms with E-state index in [1.54, 1.807) is 19.4 Å². The van der Waals surface area contributed by atoms with Gasteiger partial charge in [-0.25, -0.2) is 4.98 Å². The monoisotopic (exact) mass is 296 g/mol. The van der Waals surface area contributed by atoms with E-state index in [1.807, 2.05) is 24.3 Å². The van der Waals surface area contributed by atoms with Crippen LogP contribution in [-0.2, 0) is 13.1 Å². The van der Waals surface area contributed by atoms with Crippen molar-refractivity contribution in [2.75, 3.05) is 7.11 Å². The average molecular weight is 297 g/mol. The first-order valence-electron chi connectivity index (χ1n) is 5.82. The molecule has 0 aliphatic rings. The van der Waals surface area contributed by atoms with Gasteiger partial charge in [-0.3, -0.25) is 0 Å². The van der Waals surface area contributed by atoms with Crippen LogP contribution in [0.2, 0.25) is 10.0 Å². The molecule has 1 N–H and O–H groups in total. The minimum atomic E-state index is 0.616. The summed E-state index contributed by atoms with van der Waals surface area (Å²) in [5.41, 5.74) is 2.17. The third-order valence-electron chi connectivity index (χ3n) is 2.59. The normalized spacial score (nSPS) is 10.5. The number of aromatic nitrogens is 1. The molecule has 0 aliphatic carbocycles. The van der Waals surface area contributed by atoms with Crippen LogP contribution in [0.1, 0.15) is 11.1 Å². The number of rotatable bonds is 5. The van der Waals surface area contributed by atoms with Gasteiger partial charge >= 0.3 is 0 Å². The molecule has 0 spiro atoms. The fourth-order valence-electron chi connectivity index (χ4n) is 1.74. The van der Waals surface area contributed by atoms with Gasteiger partial charge < -0.3 is 10.1 Å². The molecule has 0 atom stereocenters. The van der Waals surface area contributed by atoms with Crippen LogP contribution in [-0.4, -0.2) is 12.1 Å². The molecule has 2 aromatic rings. The minimum Gasteiger partial charge on any atom is -0.481 e. The van der Waals surface area contributed by atoms with E-state index in [0.29, 0.717) is 22.5 Å². The van der Waals surface area contributed by atoms with Crippen molar-refractivity contribution in [2.24, 2.45) is 0 Å². The quantitative estimate of drug-likeness (QED) is 0.914. The molecule has 0 saturated heterocycles. The number of nitrogens with zero attached hydrogens (tertiary/aromatic N) is 1. The summed E-state index contributed by atoms with van der Waals surface area (Å²) in [5.74, 6) is 0.616. The van der Waals surface area contributed by atoms with Gasteiger partial charge in [0.2, 0.25) is 5.88 Å². The summed E-state index contributed by atoms with van der Waals surface area (Å²) in [6, 6.07) is 9.36. The molecule has 0 saturated carbocycles. The van der Waals surface area contributed by atoms with Gasteiger partial charge in [0.1, 0.15) is 0 Å². The first-order valence-corrected chi connectivity index (χ1v) is 6.57. The predicted octanol–water partition coefficient (Wildman–Crippen LogP) is 3.69. The minimum absolute atomic E-state index is 0.616. The van der Waals surface area contributed by atoms with Crippen molar-refractivity contribution in [3.63, 3.8) is 0 Å². The Morgan fingerprint density at radius 2 is 1.74 bits per heavy atom. The van der Waals surface area contributed by atoms with Crippen molar-refractivity contribution in [3.8, 4) is 5.88 Å². The lowest BCUT2D eigenvalue weighted by atomic mass is 10.2. The van der Waals surface area contributed by atoms with Crippen LogP contribution >= 0.6 is 23.2 Å². The van der Waals surface area contributed by atoms with Gasteiger partial charge in [-0.15, -0.1) is 0 Å². The van der Waals surface area contributed by atoms with Gasteiger partial charge in [0.15, 0.2) is 0 Å². The second-order valence-corrected chi connectivity index (χ2v) is 4.96. The lowest BCUT2D eigenvalue weighted by Gasteiger charge is -2.07. The van der Waals surface area contributed by atoms with E-state index >= 15 is 0 Å².